The Kier molecular flexibility index (Phi) is 2.32. The second-order valence-corrected chi connectivity index (χ2v) is 6.18. The third kappa shape index (κ3) is 1.48. The lowest BCUT2D eigenvalue weighted by Gasteiger charge is -2.17. The van der Waals surface area contributed by atoms with Gasteiger partial charge in [0.25, 0.3) is 0 Å². The summed E-state index contributed by atoms with van der Waals surface area (Å²) in [5, 5.41) is 8.37. The van der Waals surface area contributed by atoms with Crippen molar-refractivity contribution >= 4 is 32.3 Å². The Morgan fingerprint density at radius 1 is 0.750 bits per heavy atom. The van der Waals surface area contributed by atoms with Crippen LogP contribution in [-0.2, 0) is 0 Å². The monoisotopic (exact) mass is 258 g/mol. The molecule has 4 aromatic rings. The van der Waals surface area contributed by atoms with Crippen molar-refractivity contribution in [3.05, 3.63) is 59.7 Å². The summed E-state index contributed by atoms with van der Waals surface area (Å²) in [6.45, 7) is 6.76. The van der Waals surface area contributed by atoms with Crippen molar-refractivity contribution < 1.29 is 0 Å². The summed E-state index contributed by atoms with van der Waals surface area (Å²) < 4.78 is 0. The lowest BCUT2D eigenvalue weighted by Crippen LogP contribution is -1.93. The van der Waals surface area contributed by atoms with Crippen LogP contribution < -0.4 is 0 Å². The summed E-state index contributed by atoms with van der Waals surface area (Å²) in [6.07, 6.45) is 0. The quantitative estimate of drug-likeness (QED) is 0.366. The van der Waals surface area contributed by atoms with Crippen molar-refractivity contribution in [2.24, 2.45) is 0 Å². The first kappa shape index (κ1) is 11.7. The molecule has 0 aliphatic carbocycles. The zero-order valence-corrected chi connectivity index (χ0v) is 12.2. The fraction of sp³-hybridized carbons (Fsp3) is 0.200. The van der Waals surface area contributed by atoms with Gasteiger partial charge in [0.15, 0.2) is 0 Å². The minimum atomic E-state index is 0.545. The highest BCUT2D eigenvalue weighted by molar-refractivity contribution is 6.24. The van der Waals surface area contributed by atoms with Gasteiger partial charge in [-0.15, -0.1) is 0 Å². The molecule has 20 heavy (non-hydrogen) atoms. The predicted octanol–water partition coefficient (Wildman–Crippen LogP) is 6.02. The lowest BCUT2D eigenvalue weighted by molar-refractivity contribution is 0.878. The second kappa shape index (κ2) is 3.96. The van der Waals surface area contributed by atoms with E-state index in [0.717, 1.165) is 0 Å². The molecule has 0 bridgehead atoms. The normalized spacial score (nSPS) is 12.2. The molecule has 0 aliphatic heterocycles. The summed E-state index contributed by atoms with van der Waals surface area (Å²) in [5.74, 6) is 0.545. The highest BCUT2D eigenvalue weighted by atomic mass is 14.2. The number of hydrogen-bond donors (Lipinski definition) is 0. The molecule has 4 rings (SSSR count). The van der Waals surface area contributed by atoms with Crippen LogP contribution in [0.2, 0.25) is 0 Å². The smallest absolute Gasteiger partial charge is 0.00237 e. The largest absolute Gasteiger partial charge is 0.0610 e. The van der Waals surface area contributed by atoms with Crippen LogP contribution in [0.4, 0.5) is 0 Å². The maximum absolute atomic E-state index is 2.38. The third-order valence-electron chi connectivity index (χ3n) is 4.38. The van der Waals surface area contributed by atoms with E-state index in [0.29, 0.717) is 5.92 Å². The maximum Gasteiger partial charge on any atom is -0.00237 e. The van der Waals surface area contributed by atoms with Crippen LogP contribution >= 0.6 is 0 Å². The molecule has 4 aromatic carbocycles. The average Bonchev–Trinajstić information content (AvgIpc) is 2.43. The van der Waals surface area contributed by atoms with Crippen LogP contribution in [0.1, 0.15) is 30.9 Å². The highest BCUT2D eigenvalue weighted by Gasteiger charge is 2.13. The molecule has 0 amide bonds. The minimum Gasteiger partial charge on any atom is -0.0610 e. The Labute approximate surface area is 119 Å². The first-order valence-electron chi connectivity index (χ1n) is 7.33. The topological polar surface area (TPSA) is 0 Å². The Balaban J connectivity index is 2.38. The summed E-state index contributed by atoms with van der Waals surface area (Å²) in [4.78, 5) is 0. The standard InChI is InChI=1S/C20H18/c1-12(2)17-11-15-6-4-5-14-7-8-16-9-13(3)10-18(17)20(16)19(14)15/h4-12H,1-3H3. The van der Waals surface area contributed by atoms with Gasteiger partial charge in [-0.05, 0) is 56.3 Å². The van der Waals surface area contributed by atoms with Crippen molar-refractivity contribution in [1.29, 1.82) is 0 Å². The van der Waals surface area contributed by atoms with Gasteiger partial charge in [-0.2, -0.15) is 0 Å². The Morgan fingerprint density at radius 2 is 1.45 bits per heavy atom. The zero-order chi connectivity index (χ0) is 13.9. The molecule has 0 N–H and O–H groups in total. The summed E-state index contributed by atoms with van der Waals surface area (Å²) in [5.41, 5.74) is 2.81. The van der Waals surface area contributed by atoms with Gasteiger partial charge in [-0.1, -0.05) is 62.4 Å². The van der Waals surface area contributed by atoms with Gasteiger partial charge in [0, 0.05) is 0 Å². The van der Waals surface area contributed by atoms with Crippen LogP contribution in [0.3, 0.4) is 0 Å². The van der Waals surface area contributed by atoms with Crippen LogP contribution in [0.15, 0.2) is 48.5 Å². The molecule has 0 spiro atoms. The lowest BCUT2D eigenvalue weighted by atomic mass is 9.87. The van der Waals surface area contributed by atoms with Gasteiger partial charge in [-0.3, -0.25) is 0 Å². The van der Waals surface area contributed by atoms with Gasteiger partial charge in [0.2, 0.25) is 0 Å². The minimum absolute atomic E-state index is 0.545. The van der Waals surface area contributed by atoms with Gasteiger partial charge >= 0.3 is 0 Å². The van der Waals surface area contributed by atoms with Crippen molar-refractivity contribution in [3.63, 3.8) is 0 Å². The first-order chi connectivity index (χ1) is 9.65. The molecule has 0 atom stereocenters. The molecule has 0 aromatic heterocycles. The molecule has 0 fully saturated rings. The molecule has 0 saturated heterocycles. The molecule has 0 heteroatoms. The maximum atomic E-state index is 2.38. The number of hydrogen-bond acceptors (Lipinski definition) is 0. The number of benzene rings is 4. The van der Waals surface area contributed by atoms with E-state index >= 15 is 0 Å². The molecular weight excluding hydrogens is 240 g/mol. The van der Waals surface area contributed by atoms with E-state index in [2.05, 4.69) is 69.3 Å². The average molecular weight is 258 g/mol. The molecule has 0 saturated carbocycles. The van der Waals surface area contributed by atoms with Gasteiger partial charge < -0.3 is 0 Å². The van der Waals surface area contributed by atoms with E-state index in [-0.39, 0.29) is 0 Å². The van der Waals surface area contributed by atoms with Crippen LogP contribution in [0.5, 0.6) is 0 Å². The van der Waals surface area contributed by atoms with Gasteiger partial charge in [0.05, 0.1) is 0 Å². The Bertz CT molecular complexity index is 929. The second-order valence-electron chi connectivity index (χ2n) is 6.18. The molecule has 0 radical (unpaired) electrons. The highest BCUT2D eigenvalue weighted by Crippen LogP contribution is 2.39. The first-order valence-corrected chi connectivity index (χ1v) is 7.33. The van der Waals surface area contributed by atoms with Crippen molar-refractivity contribution in [3.8, 4) is 0 Å². The molecule has 0 heterocycles. The van der Waals surface area contributed by atoms with E-state index in [1.807, 2.05) is 0 Å². The summed E-state index contributed by atoms with van der Waals surface area (Å²) >= 11 is 0. The fourth-order valence-corrected chi connectivity index (χ4v) is 3.49. The Morgan fingerprint density at radius 3 is 2.25 bits per heavy atom. The van der Waals surface area contributed by atoms with Crippen LogP contribution in [-0.4, -0.2) is 0 Å². The van der Waals surface area contributed by atoms with Gasteiger partial charge in [-0.25, -0.2) is 0 Å². The van der Waals surface area contributed by atoms with E-state index in [4.69, 9.17) is 0 Å². The van der Waals surface area contributed by atoms with E-state index in [9.17, 15) is 0 Å². The van der Waals surface area contributed by atoms with Crippen molar-refractivity contribution in [2.45, 2.75) is 26.7 Å². The molecular formula is C20H18. The molecule has 0 aliphatic rings. The molecule has 0 unspecified atom stereocenters. The van der Waals surface area contributed by atoms with Crippen molar-refractivity contribution in [2.75, 3.05) is 0 Å². The number of rotatable bonds is 1. The predicted molar refractivity (Wildman–Crippen MR) is 89.0 cm³/mol. The summed E-state index contributed by atoms with van der Waals surface area (Å²) in [7, 11) is 0. The summed E-state index contributed by atoms with van der Waals surface area (Å²) in [6, 6.07) is 18.2. The van der Waals surface area contributed by atoms with Crippen molar-refractivity contribution in [1.82, 2.24) is 0 Å². The molecule has 0 nitrogen and oxygen atoms in total. The number of aryl methyl sites for hydroxylation is 1. The fourth-order valence-electron chi connectivity index (χ4n) is 3.49. The van der Waals surface area contributed by atoms with Crippen LogP contribution in [0.25, 0.3) is 32.3 Å². The van der Waals surface area contributed by atoms with Crippen LogP contribution in [0, 0.1) is 6.92 Å². The van der Waals surface area contributed by atoms with E-state index in [1.165, 1.54) is 43.4 Å². The Hall–Kier alpha value is -2.08. The van der Waals surface area contributed by atoms with E-state index < -0.39 is 0 Å². The third-order valence-corrected chi connectivity index (χ3v) is 4.38. The zero-order valence-electron chi connectivity index (χ0n) is 12.2. The van der Waals surface area contributed by atoms with Gasteiger partial charge in [0.1, 0.15) is 0 Å². The van der Waals surface area contributed by atoms with E-state index in [1.54, 1.807) is 0 Å². The molecule has 98 valence electrons. The SMILES string of the molecule is Cc1cc2ccc3cccc4cc(C(C)C)c(c1)c2c34.